The van der Waals surface area contributed by atoms with E-state index in [-0.39, 0.29) is 12.1 Å². The lowest BCUT2D eigenvalue weighted by Gasteiger charge is -2.17. The zero-order valence-corrected chi connectivity index (χ0v) is 12.1. The third kappa shape index (κ3) is 4.65. The minimum absolute atomic E-state index is 0.182. The minimum Gasteiger partial charge on any atom is -0.393 e. The van der Waals surface area contributed by atoms with Gasteiger partial charge in [-0.1, -0.05) is 34.8 Å². The van der Waals surface area contributed by atoms with Gasteiger partial charge in [0.15, 0.2) is 0 Å². The van der Waals surface area contributed by atoms with Crippen molar-refractivity contribution >= 4 is 34.8 Å². The van der Waals surface area contributed by atoms with Crippen molar-refractivity contribution < 1.29 is 5.11 Å². The van der Waals surface area contributed by atoms with Gasteiger partial charge in [-0.05, 0) is 32.4 Å². The number of hydrogen-bond acceptors (Lipinski definition) is 2. The highest BCUT2D eigenvalue weighted by molar-refractivity contribution is 6.44. The molecule has 0 aliphatic heterocycles. The van der Waals surface area contributed by atoms with Crippen LogP contribution in [0.2, 0.25) is 15.1 Å². The Kier molecular flexibility index (Phi) is 6.04. The first kappa shape index (κ1) is 15.1. The van der Waals surface area contributed by atoms with Crippen LogP contribution in [0.25, 0.3) is 0 Å². The Morgan fingerprint density at radius 2 is 1.76 bits per heavy atom. The fourth-order valence-corrected chi connectivity index (χ4v) is 2.28. The highest BCUT2D eigenvalue weighted by atomic mass is 35.5. The van der Waals surface area contributed by atoms with E-state index in [1.54, 1.807) is 19.1 Å². The third-order valence-electron chi connectivity index (χ3n) is 2.46. The lowest BCUT2D eigenvalue weighted by molar-refractivity contribution is 0.170. The molecule has 17 heavy (non-hydrogen) atoms. The van der Waals surface area contributed by atoms with Crippen molar-refractivity contribution in [3.05, 3.63) is 32.8 Å². The van der Waals surface area contributed by atoms with E-state index in [2.05, 4.69) is 5.32 Å². The highest BCUT2D eigenvalue weighted by Gasteiger charge is 2.11. The standard InChI is InChI=1S/C12H16Cl3NO/c1-7(5-8(2)17)16-6-9-10(13)3-4-11(14)12(9)15/h3-4,7-8,16-17H,5-6H2,1-2H3. The molecule has 0 heterocycles. The minimum atomic E-state index is -0.331. The summed E-state index contributed by atoms with van der Waals surface area (Å²) in [6.07, 6.45) is 0.346. The van der Waals surface area contributed by atoms with Gasteiger partial charge < -0.3 is 10.4 Å². The van der Waals surface area contributed by atoms with E-state index in [4.69, 9.17) is 34.8 Å². The number of benzene rings is 1. The smallest absolute Gasteiger partial charge is 0.0652 e. The molecule has 2 nitrogen and oxygen atoms in total. The molecule has 0 aromatic heterocycles. The van der Waals surface area contributed by atoms with Crippen LogP contribution in [0.4, 0.5) is 0 Å². The van der Waals surface area contributed by atoms with Gasteiger partial charge in [0.1, 0.15) is 0 Å². The monoisotopic (exact) mass is 295 g/mol. The largest absolute Gasteiger partial charge is 0.393 e. The zero-order chi connectivity index (χ0) is 13.0. The molecule has 0 fully saturated rings. The normalized spacial score (nSPS) is 14.7. The van der Waals surface area contributed by atoms with Crippen LogP contribution in [0.3, 0.4) is 0 Å². The first-order valence-electron chi connectivity index (χ1n) is 5.45. The van der Waals surface area contributed by atoms with Crippen LogP contribution in [0.15, 0.2) is 12.1 Å². The Bertz CT molecular complexity index is 382. The molecule has 1 aromatic carbocycles. The van der Waals surface area contributed by atoms with E-state index in [1.807, 2.05) is 6.92 Å². The molecule has 1 rings (SSSR count). The van der Waals surface area contributed by atoms with E-state index in [0.29, 0.717) is 28.0 Å². The van der Waals surface area contributed by atoms with Crippen LogP contribution < -0.4 is 5.32 Å². The molecular formula is C12H16Cl3NO. The van der Waals surface area contributed by atoms with Crippen LogP contribution in [-0.4, -0.2) is 17.3 Å². The summed E-state index contributed by atoms with van der Waals surface area (Å²) < 4.78 is 0. The molecule has 2 N–H and O–H groups in total. The first-order valence-corrected chi connectivity index (χ1v) is 6.59. The van der Waals surface area contributed by atoms with Crippen molar-refractivity contribution in [3.8, 4) is 0 Å². The molecule has 0 amide bonds. The van der Waals surface area contributed by atoms with Crippen molar-refractivity contribution in [2.24, 2.45) is 0 Å². The Morgan fingerprint density at radius 1 is 1.18 bits per heavy atom. The molecule has 0 aliphatic rings. The summed E-state index contributed by atoms with van der Waals surface area (Å²) in [7, 11) is 0. The Morgan fingerprint density at radius 3 is 2.35 bits per heavy atom. The number of hydrogen-bond donors (Lipinski definition) is 2. The van der Waals surface area contributed by atoms with Crippen LogP contribution in [-0.2, 0) is 6.54 Å². The van der Waals surface area contributed by atoms with Crippen molar-refractivity contribution in [2.75, 3.05) is 0 Å². The van der Waals surface area contributed by atoms with Crippen LogP contribution in [0.5, 0.6) is 0 Å². The molecule has 0 bridgehead atoms. The maximum atomic E-state index is 9.26. The zero-order valence-electron chi connectivity index (χ0n) is 9.80. The first-order chi connectivity index (χ1) is 7.91. The van der Waals surface area contributed by atoms with Gasteiger partial charge in [0.2, 0.25) is 0 Å². The number of nitrogens with one attached hydrogen (secondary N) is 1. The van der Waals surface area contributed by atoms with E-state index in [0.717, 1.165) is 5.56 Å². The molecule has 0 radical (unpaired) electrons. The van der Waals surface area contributed by atoms with Gasteiger partial charge in [-0.2, -0.15) is 0 Å². The number of aliphatic hydroxyl groups excluding tert-OH is 1. The predicted molar refractivity (Wildman–Crippen MR) is 74.1 cm³/mol. The van der Waals surface area contributed by atoms with Crippen molar-refractivity contribution in [1.82, 2.24) is 5.32 Å². The predicted octanol–water partition coefficient (Wildman–Crippen LogP) is 3.90. The lowest BCUT2D eigenvalue weighted by atomic mass is 10.1. The molecule has 5 heteroatoms. The maximum absolute atomic E-state index is 9.26. The van der Waals surface area contributed by atoms with Gasteiger partial charge in [0.05, 0.1) is 16.1 Å². The van der Waals surface area contributed by atoms with E-state index in [1.165, 1.54) is 0 Å². The van der Waals surface area contributed by atoms with Gasteiger partial charge in [-0.25, -0.2) is 0 Å². The summed E-state index contributed by atoms with van der Waals surface area (Å²) in [5.41, 5.74) is 0.790. The molecule has 0 saturated heterocycles. The molecule has 96 valence electrons. The summed E-state index contributed by atoms with van der Waals surface area (Å²) in [4.78, 5) is 0. The van der Waals surface area contributed by atoms with E-state index >= 15 is 0 Å². The van der Waals surface area contributed by atoms with Gasteiger partial charge in [-0.15, -0.1) is 0 Å². The highest BCUT2D eigenvalue weighted by Crippen LogP contribution is 2.31. The van der Waals surface area contributed by atoms with Gasteiger partial charge in [0.25, 0.3) is 0 Å². The molecule has 2 unspecified atom stereocenters. The summed E-state index contributed by atoms with van der Waals surface area (Å²) in [5, 5.41) is 14.1. The van der Waals surface area contributed by atoms with Gasteiger partial charge >= 0.3 is 0 Å². The second-order valence-electron chi connectivity index (χ2n) is 4.19. The SMILES string of the molecule is CC(O)CC(C)NCc1c(Cl)ccc(Cl)c1Cl. The average Bonchev–Trinajstić information content (AvgIpc) is 2.23. The Balaban J connectivity index is 2.66. The molecular weight excluding hydrogens is 280 g/mol. The molecule has 0 aliphatic carbocycles. The van der Waals surface area contributed by atoms with Crippen molar-refractivity contribution in [3.63, 3.8) is 0 Å². The van der Waals surface area contributed by atoms with Crippen LogP contribution in [0, 0.1) is 0 Å². The fourth-order valence-electron chi connectivity index (χ4n) is 1.60. The second-order valence-corrected chi connectivity index (χ2v) is 5.38. The Labute approximate surface area is 117 Å². The summed E-state index contributed by atoms with van der Waals surface area (Å²) in [5.74, 6) is 0. The maximum Gasteiger partial charge on any atom is 0.0652 e. The molecule has 1 aromatic rings. The number of halogens is 3. The van der Waals surface area contributed by atoms with Crippen molar-refractivity contribution in [2.45, 2.75) is 39.0 Å². The summed E-state index contributed by atoms with van der Waals surface area (Å²) in [6.45, 7) is 4.29. The Hall–Kier alpha value is 0.01000. The number of aliphatic hydroxyl groups is 1. The third-order valence-corrected chi connectivity index (χ3v) is 3.66. The summed E-state index contributed by atoms with van der Waals surface area (Å²) in [6, 6.07) is 3.59. The quantitative estimate of drug-likeness (QED) is 0.808. The molecule has 2 atom stereocenters. The fraction of sp³-hybridized carbons (Fsp3) is 0.500. The van der Waals surface area contributed by atoms with E-state index < -0.39 is 0 Å². The van der Waals surface area contributed by atoms with Gasteiger partial charge in [0, 0.05) is 23.2 Å². The average molecular weight is 297 g/mol. The van der Waals surface area contributed by atoms with Crippen LogP contribution >= 0.6 is 34.8 Å². The topological polar surface area (TPSA) is 32.3 Å². The number of rotatable bonds is 5. The van der Waals surface area contributed by atoms with Crippen LogP contribution in [0.1, 0.15) is 25.8 Å². The summed E-state index contributed by atoms with van der Waals surface area (Å²) >= 11 is 18.1. The lowest BCUT2D eigenvalue weighted by Crippen LogP contribution is -2.28. The second kappa shape index (κ2) is 6.81. The van der Waals surface area contributed by atoms with Gasteiger partial charge in [-0.3, -0.25) is 0 Å². The molecule has 0 spiro atoms. The molecule has 0 saturated carbocycles. The van der Waals surface area contributed by atoms with E-state index in [9.17, 15) is 5.11 Å². The van der Waals surface area contributed by atoms with Crippen molar-refractivity contribution in [1.29, 1.82) is 0 Å².